The van der Waals surface area contributed by atoms with E-state index in [0.717, 1.165) is 10.8 Å². The molecule has 0 saturated carbocycles. The molecule has 0 N–H and O–H groups in total. The van der Waals surface area contributed by atoms with E-state index in [2.05, 4.69) is 0 Å². The van der Waals surface area contributed by atoms with Crippen molar-refractivity contribution in [2.75, 3.05) is 14.2 Å². The Morgan fingerprint density at radius 2 is 1.83 bits per heavy atom. The fourth-order valence-electron chi connectivity index (χ4n) is 1.99. The molecule has 1 unspecified atom stereocenters. The average Bonchev–Trinajstić information content (AvgIpc) is 2.44. The van der Waals surface area contributed by atoms with Gasteiger partial charge in [-0.25, -0.2) is 0 Å². The van der Waals surface area contributed by atoms with Crippen molar-refractivity contribution in [2.45, 2.75) is 13.0 Å². The number of benzene rings is 2. The van der Waals surface area contributed by atoms with Crippen LogP contribution < -0.4 is 4.74 Å². The normalized spacial score (nSPS) is 12.4. The molecule has 0 aliphatic rings. The van der Waals surface area contributed by atoms with Crippen molar-refractivity contribution in [3.8, 4) is 5.75 Å². The molecule has 0 spiro atoms. The van der Waals surface area contributed by atoms with Gasteiger partial charge in [0.2, 0.25) is 0 Å². The molecule has 2 aromatic rings. The summed E-state index contributed by atoms with van der Waals surface area (Å²) in [7, 11) is 3.10. The van der Waals surface area contributed by atoms with E-state index in [0.29, 0.717) is 11.3 Å². The summed E-state index contributed by atoms with van der Waals surface area (Å²) < 4.78 is 10.4. The SMILES string of the molecule is COc1ccc2ccccc2c1C(=O)C(C)OC. The van der Waals surface area contributed by atoms with Crippen LogP contribution in [0.1, 0.15) is 17.3 Å². The van der Waals surface area contributed by atoms with Crippen LogP contribution in [0.5, 0.6) is 5.75 Å². The van der Waals surface area contributed by atoms with Crippen LogP contribution in [-0.4, -0.2) is 26.1 Å². The zero-order valence-corrected chi connectivity index (χ0v) is 10.8. The maximum Gasteiger partial charge on any atom is 0.195 e. The lowest BCUT2D eigenvalue weighted by Gasteiger charge is -2.14. The van der Waals surface area contributed by atoms with Gasteiger partial charge in [0.25, 0.3) is 0 Å². The maximum atomic E-state index is 12.4. The number of carbonyl (C=O) groups excluding carboxylic acids is 1. The highest BCUT2D eigenvalue weighted by Gasteiger charge is 2.21. The molecular formula is C15H16O3. The van der Waals surface area contributed by atoms with E-state index in [1.165, 1.54) is 7.11 Å². The van der Waals surface area contributed by atoms with Crippen molar-refractivity contribution in [3.05, 3.63) is 42.0 Å². The Morgan fingerprint density at radius 3 is 2.50 bits per heavy atom. The topological polar surface area (TPSA) is 35.5 Å². The van der Waals surface area contributed by atoms with E-state index in [4.69, 9.17) is 9.47 Å². The number of ketones is 1. The van der Waals surface area contributed by atoms with Gasteiger partial charge in [0.1, 0.15) is 11.9 Å². The number of fused-ring (bicyclic) bond motifs is 1. The number of ether oxygens (including phenoxy) is 2. The first kappa shape index (κ1) is 12.6. The summed E-state index contributed by atoms with van der Waals surface area (Å²) in [6.45, 7) is 1.74. The summed E-state index contributed by atoms with van der Waals surface area (Å²) >= 11 is 0. The Bertz CT molecular complexity index is 575. The molecule has 0 radical (unpaired) electrons. The van der Waals surface area contributed by atoms with Crippen molar-refractivity contribution >= 4 is 16.6 Å². The quantitative estimate of drug-likeness (QED) is 0.775. The van der Waals surface area contributed by atoms with Crippen molar-refractivity contribution < 1.29 is 14.3 Å². The molecule has 0 aliphatic heterocycles. The van der Waals surface area contributed by atoms with Crippen molar-refractivity contribution in [3.63, 3.8) is 0 Å². The van der Waals surface area contributed by atoms with Gasteiger partial charge in [0, 0.05) is 7.11 Å². The molecular weight excluding hydrogens is 228 g/mol. The van der Waals surface area contributed by atoms with Crippen LogP contribution in [-0.2, 0) is 4.74 Å². The second-order valence-corrected chi connectivity index (χ2v) is 4.11. The van der Waals surface area contributed by atoms with Gasteiger partial charge < -0.3 is 9.47 Å². The van der Waals surface area contributed by atoms with Crippen LogP contribution in [0.3, 0.4) is 0 Å². The lowest BCUT2D eigenvalue weighted by Crippen LogP contribution is -2.20. The average molecular weight is 244 g/mol. The minimum Gasteiger partial charge on any atom is -0.496 e. The molecule has 2 aromatic carbocycles. The lowest BCUT2D eigenvalue weighted by molar-refractivity contribution is 0.0654. The second kappa shape index (κ2) is 5.19. The van der Waals surface area contributed by atoms with Crippen LogP contribution in [0.15, 0.2) is 36.4 Å². The van der Waals surface area contributed by atoms with Crippen LogP contribution in [0.4, 0.5) is 0 Å². The summed E-state index contributed by atoms with van der Waals surface area (Å²) in [6.07, 6.45) is -0.482. The highest BCUT2D eigenvalue weighted by atomic mass is 16.5. The molecule has 0 amide bonds. The zero-order valence-electron chi connectivity index (χ0n) is 10.8. The standard InChI is InChI=1S/C15H16O3/c1-10(17-2)15(16)14-12-7-5-4-6-11(12)8-9-13(14)18-3/h4-10H,1-3H3. The van der Waals surface area contributed by atoms with Crippen LogP contribution in [0.2, 0.25) is 0 Å². The summed E-state index contributed by atoms with van der Waals surface area (Å²) in [5, 5.41) is 1.91. The predicted molar refractivity (Wildman–Crippen MR) is 71.3 cm³/mol. The molecule has 0 aliphatic carbocycles. The minimum atomic E-state index is -0.482. The Labute approximate surface area is 106 Å². The second-order valence-electron chi connectivity index (χ2n) is 4.11. The molecule has 18 heavy (non-hydrogen) atoms. The summed E-state index contributed by atoms with van der Waals surface area (Å²) in [5.41, 5.74) is 0.588. The summed E-state index contributed by atoms with van der Waals surface area (Å²) in [4.78, 5) is 12.4. The van der Waals surface area contributed by atoms with Gasteiger partial charge in [-0.3, -0.25) is 4.79 Å². The summed E-state index contributed by atoms with van der Waals surface area (Å²) in [6, 6.07) is 11.5. The Hall–Kier alpha value is -1.87. The number of rotatable bonds is 4. The third-order valence-corrected chi connectivity index (χ3v) is 3.08. The van der Waals surface area contributed by atoms with Gasteiger partial charge in [0.05, 0.1) is 12.7 Å². The highest BCUT2D eigenvalue weighted by molar-refractivity contribution is 6.12. The van der Waals surface area contributed by atoms with E-state index < -0.39 is 6.10 Å². The first-order chi connectivity index (χ1) is 8.69. The fourth-order valence-corrected chi connectivity index (χ4v) is 1.99. The van der Waals surface area contributed by atoms with Crippen molar-refractivity contribution in [2.24, 2.45) is 0 Å². The Kier molecular flexibility index (Phi) is 3.63. The number of Topliss-reactive ketones (excluding diaryl/α,β-unsaturated/α-hetero) is 1. The molecule has 0 saturated heterocycles. The highest BCUT2D eigenvalue weighted by Crippen LogP contribution is 2.29. The zero-order chi connectivity index (χ0) is 13.1. The third kappa shape index (κ3) is 2.09. The summed E-state index contributed by atoms with van der Waals surface area (Å²) in [5.74, 6) is 0.522. The largest absolute Gasteiger partial charge is 0.496 e. The molecule has 1 atom stereocenters. The van der Waals surface area contributed by atoms with Gasteiger partial charge >= 0.3 is 0 Å². The molecule has 0 fully saturated rings. The van der Waals surface area contributed by atoms with E-state index in [9.17, 15) is 4.79 Å². The van der Waals surface area contributed by atoms with E-state index >= 15 is 0 Å². The maximum absolute atomic E-state index is 12.4. The smallest absolute Gasteiger partial charge is 0.195 e. The van der Waals surface area contributed by atoms with Crippen LogP contribution >= 0.6 is 0 Å². The first-order valence-corrected chi connectivity index (χ1v) is 5.81. The van der Waals surface area contributed by atoms with Crippen LogP contribution in [0, 0.1) is 0 Å². The number of hydrogen-bond acceptors (Lipinski definition) is 3. The molecule has 3 heteroatoms. The van der Waals surface area contributed by atoms with Crippen molar-refractivity contribution in [1.29, 1.82) is 0 Å². The number of carbonyl (C=O) groups is 1. The van der Waals surface area contributed by atoms with Crippen molar-refractivity contribution in [1.82, 2.24) is 0 Å². The van der Waals surface area contributed by atoms with E-state index in [1.807, 2.05) is 36.4 Å². The Balaban J connectivity index is 2.68. The fraction of sp³-hybridized carbons (Fsp3) is 0.267. The Morgan fingerprint density at radius 1 is 1.11 bits per heavy atom. The molecule has 0 bridgehead atoms. The van der Waals surface area contributed by atoms with E-state index in [1.54, 1.807) is 14.0 Å². The van der Waals surface area contributed by atoms with E-state index in [-0.39, 0.29) is 5.78 Å². The first-order valence-electron chi connectivity index (χ1n) is 5.81. The number of hydrogen-bond donors (Lipinski definition) is 0. The monoisotopic (exact) mass is 244 g/mol. The third-order valence-electron chi connectivity index (χ3n) is 3.08. The molecule has 0 heterocycles. The molecule has 0 aromatic heterocycles. The van der Waals surface area contributed by atoms with Gasteiger partial charge in [-0.15, -0.1) is 0 Å². The van der Waals surface area contributed by atoms with Gasteiger partial charge in [-0.2, -0.15) is 0 Å². The molecule has 2 rings (SSSR count). The van der Waals surface area contributed by atoms with Gasteiger partial charge in [0.15, 0.2) is 5.78 Å². The molecule has 3 nitrogen and oxygen atoms in total. The minimum absolute atomic E-state index is 0.0637. The predicted octanol–water partition coefficient (Wildman–Crippen LogP) is 3.07. The van der Waals surface area contributed by atoms with Crippen LogP contribution in [0.25, 0.3) is 10.8 Å². The lowest BCUT2D eigenvalue weighted by atomic mass is 9.98. The molecule has 94 valence electrons. The van der Waals surface area contributed by atoms with Gasteiger partial charge in [-0.05, 0) is 23.8 Å². The number of methoxy groups -OCH3 is 2. The van der Waals surface area contributed by atoms with Gasteiger partial charge in [-0.1, -0.05) is 30.3 Å².